The number of ether oxygens (including phenoxy) is 1. The summed E-state index contributed by atoms with van der Waals surface area (Å²) in [6.07, 6.45) is 4.91. The van der Waals surface area contributed by atoms with E-state index in [0.29, 0.717) is 12.4 Å². The number of rotatable bonds is 5. The van der Waals surface area contributed by atoms with E-state index in [4.69, 9.17) is 9.84 Å². The van der Waals surface area contributed by atoms with Crippen molar-refractivity contribution in [3.8, 4) is 0 Å². The Hall–Kier alpha value is -2.47. The summed E-state index contributed by atoms with van der Waals surface area (Å²) < 4.78 is 6.03. The molecule has 2 atom stereocenters. The van der Waals surface area contributed by atoms with Crippen LogP contribution in [0.4, 0.5) is 5.82 Å². The molecule has 0 amide bonds. The lowest BCUT2D eigenvalue weighted by Gasteiger charge is -2.14. The van der Waals surface area contributed by atoms with Gasteiger partial charge in [0.15, 0.2) is 5.69 Å². The minimum absolute atomic E-state index is 0.0631. The molecule has 0 bridgehead atoms. The Bertz CT molecular complexity index is 631. The average molecular weight is 299 g/mol. The molecule has 0 spiro atoms. The molecule has 22 heavy (non-hydrogen) atoms. The van der Waals surface area contributed by atoms with E-state index in [2.05, 4.69) is 27.4 Å². The van der Waals surface area contributed by atoms with E-state index in [1.807, 2.05) is 18.2 Å². The molecule has 2 heterocycles. The van der Waals surface area contributed by atoms with Crippen LogP contribution in [-0.2, 0) is 4.74 Å². The fourth-order valence-electron chi connectivity index (χ4n) is 2.52. The Labute approximate surface area is 128 Å². The second-order valence-electron chi connectivity index (χ2n) is 5.21. The fraction of sp³-hybridized carbons (Fsp3) is 0.312. The van der Waals surface area contributed by atoms with Crippen molar-refractivity contribution < 1.29 is 14.6 Å². The lowest BCUT2D eigenvalue weighted by atomic mass is 10.1. The molecule has 0 saturated carbocycles. The van der Waals surface area contributed by atoms with Crippen molar-refractivity contribution in [1.82, 2.24) is 9.97 Å². The van der Waals surface area contributed by atoms with Crippen LogP contribution in [0.1, 0.15) is 35.0 Å². The number of carbonyl (C=O) groups is 1. The van der Waals surface area contributed by atoms with Gasteiger partial charge >= 0.3 is 5.97 Å². The molecule has 2 aromatic rings. The van der Waals surface area contributed by atoms with Gasteiger partial charge < -0.3 is 15.2 Å². The first-order chi connectivity index (χ1) is 10.7. The average Bonchev–Trinajstić information content (AvgIpc) is 3.03. The summed E-state index contributed by atoms with van der Waals surface area (Å²) in [6.45, 7) is 0.629. The fourth-order valence-corrected chi connectivity index (χ4v) is 2.52. The molecule has 2 N–H and O–H groups in total. The first kappa shape index (κ1) is 14.5. The van der Waals surface area contributed by atoms with Gasteiger partial charge in [0, 0.05) is 6.54 Å². The number of hydrogen-bond donors (Lipinski definition) is 2. The Morgan fingerprint density at radius 3 is 2.73 bits per heavy atom. The number of carboxylic acid groups (broad SMARTS) is 1. The summed E-state index contributed by atoms with van der Waals surface area (Å²) in [5.41, 5.74) is 1.14. The Morgan fingerprint density at radius 2 is 2.05 bits per heavy atom. The van der Waals surface area contributed by atoms with Crippen molar-refractivity contribution in [3.05, 3.63) is 54.0 Å². The highest BCUT2D eigenvalue weighted by Gasteiger charge is 2.26. The van der Waals surface area contributed by atoms with E-state index in [0.717, 1.165) is 12.8 Å². The number of hydrogen-bond acceptors (Lipinski definition) is 5. The van der Waals surface area contributed by atoms with Gasteiger partial charge in [0.25, 0.3) is 0 Å². The molecule has 3 rings (SSSR count). The summed E-state index contributed by atoms with van der Waals surface area (Å²) in [6, 6.07) is 10.2. The van der Waals surface area contributed by atoms with Crippen LogP contribution in [0.2, 0.25) is 0 Å². The SMILES string of the molecule is O=C(O)c1cnc(NC[C@H]2CC[C@@H](c3ccccc3)O2)cn1. The minimum Gasteiger partial charge on any atom is -0.476 e. The number of nitrogens with zero attached hydrogens (tertiary/aromatic N) is 2. The minimum atomic E-state index is -1.08. The van der Waals surface area contributed by atoms with Crippen LogP contribution in [0, 0.1) is 0 Å². The monoisotopic (exact) mass is 299 g/mol. The second kappa shape index (κ2) is 6.53. The smallest absolute Gasteiger partial charge is 0.356 e. The van der Waals surface area contributed by atoms with Gasteiger partial charge in [-0.1, -0.05) is 30.3 Å². The van der Waals surface area contributed by atoms with Gasteiger partial charge in [-0.05, 0) is 18.4 Å². The zero-order valence-corrected chi connectivity index (χ0v) is 12.0. The van der Waals surface area contributed by atoms with Crippen LogP contribution in [0.5, 0.6) is 0 Å². The highest BCUT2D eigenvalue weighted by molar-refractivity contribution is 5.84. The van der Waals surface area contributed by atoms with Crippen molar-refractivity contribution >= 4 is 11.8 Å². The summed E-state index contributed by atoms with van der Waals surface area (Å²) >= 11 is 0. The van der Waals surface area contributed by atoms with Crippen LogP contribution in [0.3, 0.4) is 0 Å². The predicted molar refractivity (Wildman–Crippen MR) is 80.8 cm³/mol. The van der Waals surface area contributed by atoms with E-state index in [9.17, 15) is 4.79 Å². The summed E-state index contributed by atoms with van der Waals surface area (Å²) in [5, 5.41) is 11.9. The largest absolute Gasteiger partial charge is 0.476 e. The first-order valence-electron chi connectivity index (χ1n) is 7.22. The Morgan fingerprint density at radius 1 is 1.23 bits per heavy atom. The van der Waals surface area contributed by atoms with E-state index in [1.54, 1.807) is 0 Å². The third kappa shape index (κ3) is 3.40. The third-order valence-electron chi connectivity index (χ3n) is 3.66. The second-order valence-corrected chi connectivity index (χ2v) is 5.21. The molecule has 0 radical (unpaired) electrons. The van der Waals surface area contributed by atoms with Crippen molar-refractivity contribution in [3.63, 3.8) is 0 Å². The quantitative estimate of drug-likeness (QED) is 0.882. The zero-order valence-electron chi connectivity index (χ0n) is 12.0. The standard InChI is InChI=1S/C16H17N3O3/c20-16(21)13-9-19-15(10-17-13)18-8-12-6-7-14(22-12)11-4-2-1-3-5-11/h1-5,9-10,12,14H,6-8H2,(H,18,19)(H,20,21)/t12-,14+/m1/s1. The van der Waals surface area contributed by atoms with Crippen molar-refractivity contribution in [2.24, 2.45) is 0 Å². The molecule has 1 aromatic heterocycles. The van der Waals surface area contributed by atoms with Crippen LogP contribution >= 0.6 is 0 Å². The van der Waals surface area contributed by atoms with Gasteiger partial charge in [-0.3, -0.25) is 0 Å². The number of aromatic carboxylic acids is 1. The molecular weight excluding hydrogens is 282 g/mol. The maximum absolute atomic E-state index is 10.7. The summed E-state index contributed by atoms with van der Waals surface area (Å²) in [5.74, 6) is -0.527. The predicted octanol–water partition coefficient (Wildman–Crippen LogP) is 2.51. The van der Waals surface area contributed by atoms with Crippen LogP contribution in [0.25, 0.3) is 0 Å². The van der Waals surface area contributed by atoms with Crippen LogP contribution in [-0.4, -0.2) is 33.7 Å². The van der Waals surface area contributed by atoms with E-state index in [1.165, 1.54) is 18.0 Å². The highest BCUT2D eigenvalue weighted by Crippen LogP contribution is 2.32. The van der Waals surface area contributed by atoms with Gasteiger partial charge in [-0.25, -0.2) is 14.8 Å². The summed E-state index contributed by atoms with van der Waals surface area (Å²) in [7, 11) is 0. The van der Waals surface area contributed by atoms with Gasteiger partial charge in [0.05, 0.1) is 24.6 Å². The number of carboxylic acids is 1. The molecule has 1 aliphatic heterocycles. The van der Waals surface area contributed by atoms with E-state index < -0.39 is 5.97 Å². The van der Waals surface area contributed by atoms with Crippen LogP contribution < -0.4 is 5.32 Å². The number of anilines is 1. The number of aromatic nitrogens is 2. The Balaban J connectivity index is 1.51. The lowest BCUT2D eigenvalue weighted by Crippen LogP contribution is -2.19. The number of benzene rings is 1. The molecule has 114 valence electrons. The summed E-state index contributed by atoms with van der Waals surface area (Å²) in [4.78, 5) is 18.6. The van der Waals surface area contributed by atoms with Gasteiger partial charge in [-0.15, -0.1) is 0 Å². The molecule has 1 saturated heterocycles. The molecule has 0 aliphatic carbocycles. The van der Waals surface area contributed by atoms with E-state index >= 15 is 0 Å². The normalized spacial score (nSPS) is 20.7. The maximum Gasteiger partial charge on any atom is 0.356 e. The molecule has 6 nitrogen and oxygen atoms in total. The zero-order chi connectivity index (χ0) is 15.4. The van der Waals surface area contributed by atoms with Crippen molar-refractivity contribution in [2.45, 2.75) is 25.0 Å². The van der Waals surface area contributed by atoms with Gasteiger partial charge in [-0.2, -0.15) is 0 Å². The Kier molecular flexibility index (Phi) is 4.29. The maximum atomic E-state index is 10.7. The number of nitrogens with one attached hydrogen (secondary N) is 1. The first-order valence-corrected chi connectivity index (χ1v) is 7.22. The highest BCUT2D eigenvalue weighted by atomic mass is 16.5. The molecule has 1 fully saturated rings. The van der Waals surface area contributed by atoms with Crippen molar-refractivity contribution in [1.29, 1.82) is 0 Å². The molecular formula is C16H17N3O3. The topological polar surface area (TPSA) is 84.3 Å². The third-order valence-corrected chi connectivity index (χ3v) is 3.66. The molecule has 0 unspecified atom stereocenters. The van der Waals surface area contributed by atoms with E-state index in [-0.39, 0.29) is 17.9 Å². The molecule has 1 aliphatic rings. The van der Waals surface area contributed by atoms with Crippen molar-refractivity contribution in [2.75, 3.05) is 11.9 Å². The molecule has 6 heteroatoms. The molecule has 1 aromatic carbocycles. The van der Waals surface area contributed by atoms with Gasteiger partial charge in [0.1, 0.15) is 5.82 Å². The lowest BCUT2D eigenvalue weighted by molar-refractivity contribution is 0.0521. The van der Waals surface area contributed by atoms with Crippen LogP contribution in [0.15, 0.2) is 42.7 Å². The van der Waals surface area contributed by atoms with Gasteiger partial charge in [0.2, 0.25) is 0 Å².